The quantitative estimate of drug-likeness (QED) is 0.746. The monoisotopic (exact) mass is 384 g/mol. The summed E-state index contributed by atoms with van der Waals surface area (Å²) in [6.07, 6.45) is 1.42. The molecule has 3 rings (SSSR count). The van der Waals surface area contributed by atoms with Gasteiger partial charge in [-0.25, -0.2) is 4.39 Å². The van der Waals surface area contributed by atoms with Gasteiger partial charge < -0.3 is 10.1 Å². The van der Waals surface area contributed by atoms with Crippen molar-refractivity contribution < 1.29 is 18.7 Å². The number of piperidine rings is 1. The predicted molar refractivity (Wildman–Crippen MR) is 105 cm³/mol. The summed E-state index contributed by atoms with van der Waals surface area (Å²) in [6, 6.07) is 13.3. The van der Waals surface area contributed by atoms with Crippen molar-refractivity contribution in [1.29, 1.82) is 0 Å². The molecule has 28 heavy (non-hydrogen) atoms. The molecule has 2 aromatic rings. The number of hydrogen-bond donors (Lipinski definition) is 1. The van der Waals surface area contributed by atoms with Gasteiger partial charge in [0, 0.05) is 18.0 Å². The van der Waals surface area contributed by atoms with E-state index in [9.17, 15) is 14.0 Å². The average Bonchev–Trinajstić information content (AvgIpc) is 2.73. The molecule has 1 saturated heterocycles. The topological polar surface area (TPSA) is 58.6 Å². The van der Waals surface area contributed by atoms with E-state index in [-0.39, 0.29) is 23.4 Å². The number of carbonyl (C=O) groups excluding carboxylic acids is 2. The van der Waals surface area contributed by atoms with Crippen molar-refractivity contribution in [3.8, 4) is 5.75 Å². The number of nitrogens with zero attached hydrogens (tertiary/aromatic N) is 1. The molecule has 0 aliphatic carbocycles. The van der Waals surface area contributed by atoms with Crippen LogP contribution in [0.4, 0.5) is 4.39 Å². The van der Waals surface area contributed by atoms with E-state index in [0.717, 1.165) is 11.3 Å². The number of hydrogen-bond acceptors (Lipinski definition) is 4. The highest BCUT2D eigenvalue weighted by Crippen LogP contribution is 2.22. The van der Waals surface area contributed by atoms with Gasteiger partial charge in [0.25, 0.3) is 0 Å². The molecule has 0 bridgehead atoms. The Morgan fingerprint density at radius 3 is 2.32 bits per heavy atom. The minimum absolute atomic E-state index is 0.0286. The van der Waals surface area contributed by atoms with Crippen molar-refractivity contribution >= 4 is 11.7 Å². The number of likely N-dealkylation sites (tertiary alicyclic amines) is 1. The smallest absolute Gasteiger partial charge is 0.234 e. The van der Waals surface area contributed by atoms with Crippen molar-refractivity contribution in [3.63, 3.8) is 0 Å². The standard InChI is InChI=1S/C22H25FN2O3/c1-28-20-8-2-16(3-9-20)14-24-21(26)15-25-12-10-18(11-13-25)22(27)17-4-6-19(23)7-5-17/h2-9,18H,10-15H2,1H3,(H,24,26). The molecule has 1 N–H and O–H groups in total. The molecule has 1 aliphatic heterocycles. The zero-order chi connectivity index (χ0) is 19.9. The third-order valence-electron chi connectivity index (χ3n) is 5.10. The van der Waals surface area contributed by atoms with Gasteiger partial charge in [-0.2, -0.15) is 0 Å². The van der Waals surface area contributed by atoms with Gasteiger partial charge in [-0.1, -0.05) is 12.1 Å². The largest absolute Gasteiger partial charge is 0.497 e. The van der Waals surface area contributed by atoms with Crippen LogP contribution in [0.15, 0.2) is 48.5 Å². The molecular formula is C22H25FN2O3. The van der Waals surface area contributed by atoms with Crippen LogP contribution in [0.2, 0.25) is 0 Å². The zero-order valence-corrected chi connectivity index (χ0v) is 16.0. The van der Waals surface area contributed by atoms with Crippen LogP contribution < -0.4 is 10.1 Å². The van der Waals surface area contributed by atoms with Crippen LogP contribution in [0.5, 0.6) is 5.75 Å². The minimum Gasteiger partial charge on any atom is -0.497 e. The van der Waals surface area contributed by atoms with Gasteiger partial charge in [0.15, 0.2) is 5.78 Å². The number of ketones is 1. The summed E-state index contributed by atoms with van der Waals surface area (Å²) in [7, 11) is 1.62. The first kappa shape index (κ1) is 20.0. The Kier molecular flexibility index (Phi) is 6.76. The first-order chi connectivity index (χ1) is 13.5. The summed E-state index contributed by atoms with van der Waals surface area (Å²) in [5.41, 5.74) is 1.56. The number of benzene rings is 2. The SMILES string of the molecule is COc1ccc(CNC(=O)CN2CCC(C(=O)c3ccc(F)cc3)CC2)cc1. The molecule has 0 atom stereocenters. The lowest BCUT2D eigenvalue weighted by Gasteiger charge is -2.30. The number of carbonyl (C=O) groups is 2. The van der Waals surface area contributed by atoms with Gasteiger partial charge in [0.2, 0.25) is 5.91 Å². The average molecular weight is 384 g/mol. The first-order valence-corrected chi connectivity index (χ1v) is 9.47. The van der Waals surface area contributed by atoms with E-state index >= 15 is 0 Å². The highest BCUT2D eigenvalue weighted by molar-refractivity contribution is 5.97. The number of rotatable bonds is 7. The van der Waals surface area contributed by atoms with Crippen molar-refractivity contribution in [2.24, 2.45) is 5.92 Å². The molecule has 0 saturated carbocycles. The summed E-state index contributed by atoms with van der Waals surface area (Å²) in [5.74, 6) is 0.409. The minimum atomic E-state index is -0.341. The second-order valence-corrected chi connectivity index (χ2v) is 7.05. The first-order valence-electron chi connectivity index (χ1n) is 9.47. The normalized spacial score (nSPS) is 15.2. The molecule has 1 fully saturated rings. The predicted octanol–water partition coefficient (Wildman–Crippen LogP) is 3.05. The van der Waals surface area contributed by atoms with E-state index in [0.29, 0.717) is 44.6 Å². The second-order valence-electron chi connectivity index (χ2n) is 7.05. The van der Waals surface area contributed by atoms with Gasteiger partial charge in [-0.3, -0.25) is 14.5 Å². The maximum Gasteiger partial charge on any atom is 0.234 e. The molecule has 0 unspecified atom stereocenters. The summed E-state index contributed by atoms with van der Waals surface area (Å²) in [6.45, 7) is 2.21. The molecule has 2 aromatic carbocycles. The van der Waals surface area contributed by atoms with Crippen LogP contribution in [0.3, 0.4) is 0 Å². The highest BCUT2D eigenvalue weighted by atomic mass is 19.1. The Bertz CT molecular complexity index is 798. The Balaban J connectivity index is 1.41. The molecule has 0 aromatic heterocycles. The Morgan fingerprint density at radius 2 is 1.71 bits per heavy atom. The Labute approximate surface area is 164 Å². The lowest BCUT2D eigenvalue weighted by atomic mass is 9.89. The number of ether oxygens (including phenoxy) is 1. The van der Waals surface area contributed by atoms with Crippen molar-refractivity contribution in [3.05, 3.63) is 65.5 Å². The van der Waals surface area contributed by atoms with Crippen LogP contribution in [0, 0.1) is 11.7 Å². The van der Waals surface area contributed by atoms with E-state index in [2.05, 4.69) is 10.2 Å². The van der Waals surface area contributed by atoms with Gasteiger partial charge in [0.1, 0.15) is 11.6 Å². The van der Waals surface area contributed by atoms with Gasteiger partial charge in [-0.15, -0.1) is 0 Å². The zero-order valence-electron chi connectivity index (χ0n) is 16.0. The van der Waals surface area contributed by atoms with Crippen LogP contribution >= 0.6 is 0 Å². The van der Waals surface area contributed by atoms with Crippen LogP contribution in [-0.2, 0) is 11.3 Å². The van der Waals surface area contributed by atoms with Crippen molar-refractivity contribution in [2.75, 3.05) is 26.7 Å². The Hall–Kier alpha value is -2.73. The molecule has 5 nitrogen and oxygen atoms in total. The molecule has 6 heteroatoms. The molecule has 1 amide bonds. The summed E-state index contributed by atoms with van der Waals surface area (Å²) < 4.78 is 18.1. The van der Waals surface area contributed by atoms with E-state index in [1.807, 2.05) is 24.3 Å². The number of halogens is 1. The van der Waals surface area contributed by atoms with Gasteiger partial charge >= 0.3 is 0 Å². The molecule has 0 spiro atoms. The van der Waals surface area contributed by atoms with E-state index in [1.54, 1.807) is 7.11 Å². The lowest BCUT2D eigenvalue weighted by Crippen LogP contribution is -2.42. The van der Waals surface area contributed by atoms with Gasteiger partial charge in [-0.05, 0) is 67.9 Å². The lowest BCUT2D eigenvalue weighted by molar-refractivity contribution is -0.122. The van der Waals surface area contributed by atoms with E-state index < -0.39 is 0 Å². The number of Topliss-reactive ketones (excluding diaryl/α,β-unsaturated/α-hetero) is 1. The maximum absolute atomic E-state index is 13.0. The van der Waals surface area contributed by atoms with E-state index in [1.165, 1.54) is 24.3 Å². The van der Waals surface area contributed by atoms with Crippen LogP contribution in [-0.4, -0.2) is 43.3 Å². The summed E-state index contributed by atoms with van der Waals surface area (Å²) >= 11 is 0. The van der Waals surface area contributed by atoms with Crippen molar-refractivity contribution in [1.82, 2.24) is 10.2 Å². The Morgan fingerprint density at radius 1 is 1.07 bits per heavy atom. The van der Waals surface area contributed by atoms with Crippen LogP contribution in [0.25, 0.3) is 0 Å². The molecular weight excluding hydrogens is 359 g/mol. The fraction of sp³-hybridized carbons (Fsp3) is 0.364. The molecule has 0 radical (unpaired) electrons. The fourth-order valence-electron chi connectivity index (χ4n) is 3.41. The summed E-state index contributed by atoms with van der Waals surface area (Å²) in [4.78, 5) is 26.8. The third kappa shape index (κ3) is 5.39. The van der Waals surface area contributed by atoms with Crippen LogP contribution in [0.1, 0.15) is 28.8 Å². The third-order valence-corrected chi connectivity index (χ3v) is 5.10. The van der Waals surface area contributed by atoms with Crippen molar-refractivity contribution in [2.45, 2.75) is 19.4 Å². The molecule has 1 aliphatic rings. The maximum atomic E-state index is 13.0. The molecule has 148 valence electrons. The fourth-order valence-corrected chi connectivity index (χ4v) is 3.41. The summed E-state index contributed by atoms with van der Waals surface area (Å²) in [5, 5.41) is 2.92. The van der Waals surface area contributed by atoms with E-state index in [4.69, 9.17) is 4.74 Å². The number of methoxy groups -OCH3 is 1. The second kappa shape index (κ2) is 9.46. The highest BCUT2D eigenvalue weighted by Gasteiger charge is 2.26. The number of nitrogens with one attached hydrogen (secondary N) is 1. The molecule has 1 heterocycles. The van der Waals surface area contributed by atoms with Gasteiger partial charge in [0.05, 0.1) is 13.7 Å². The number of amides is 1.